The minimum atomic E-state index is -0.742. The summed E-state index contributed by atoms with van der Waals surface area (Å²) in [5.41, 5.74) is 0.975. The number of aliphatic hydroxyl groups excluding tert-OH is 1. The second-order valence-corrected chi connectivity index (χ2v) is 11.8. The van der Waals surface area contributed by atoms with Crippen molar-refractivity contribution in [2.75, 3.05) is 13.2 Å². The molecule has 3 fully saturated rings. The number of nitrogens with zero attached hydrogens (tertiary/aromatic N) is 1. The fourth-order valence-electron chi connectivity index (χ4n) is 6.36. The first-order valence-corrected chi connectivity index (χ1v) is 13.2. The number of rotatable bonds is 9. The van der Waals surface area contributed by atoms with Crippen molar-refractivity contribution in [3.63, 3.8) is 0 Å². The van der Waals surface area contributed by atoms with E-state index in [0.29, 0.717) is 13.0 Å². The average molecular weight is 489 g/mol. The molecule has 1 spiro atoms. The number of aliphatic hydroxyl groups is 1. The Morgan fingerprint density at radius 1 is 1.29 bits per heavy atom. The van der Waals surface area contributed by atoms with E-state index in [1.165, 1.54) is 0 Å². The first-order valence-electron chi connectivity index (χ1n) is 12.3. The van der Waals surface area contributed by atoms with Crippen molar-refractivity contribution >= 4 is 29.5 Å². The van der Waals surface area contributed by atoms with Crippen molar-refractivity contribution in [2.45, 2.75) is 69.2 Å². The van der Waals surface area contributed by atoms with Crippen LogP contribution in [0.25, 0.3) is 0 Å². The highest BCUT2D eigenvalue weighted by atomic mass is 32.2. The Labute approximate surface area is 206 Å². The molecular formula is C26H36N2O5S. The number of carbonyl (C=O) groups is 3. The molecule has 8 heteroatoms. The van der Waals surface area contributed by atoms with Crippen molar-refractivity contribution in [1.29, 1.82) is 0 Å². The lowest BCUT2D eigenvalue weighted by Crippen LogP contribution is -2.58. The van der Waals surface area contributed by atoms with Gasteiger partial charge in [-0.05, 0) is 37.2 Å². The van der Waals surface area contributed by atoms with Gasteiger partial charge in [0.2, 0.25) is 11.8 Å². The Morgan fingerprint density at radius 2 is 2.00 bits per heavy atom. The van der Waals surface area contributed by atoms with Gasteiger partial charge in [-0.1, -0.05) is 51.1 Å². The first kappa shape index (κ1) is 25.0. The van der Waals surface area contributed by atoms with Gasteiger partial charge in [-0.3, -0.25) is 14.4 Å². The molecule has 34 heavy (non-hydrogen) atoms. The number of carbonyl (C=O) groups excluding carboxylic acids is 3. The molecule has 7 nitrogen and oxygen atoms in total. The summed E-state index contributed by atoms with van der Waals surface area (Å²) in [4.78, 5) is 42.5. The number of thioether (sulfide) groups is 1. The number of likely N-dealkylation sites (tertiary alicyclic amines) is 1. The standard InChI is InChI=1S/C26H36N2O5S/c1-5-33-25(32)20-19-12-16(4)26(34-19)21(20)24(31)28(18(14-29)11-15(2)3)22(26)23(30)27-13-17-9-7-6-8-10-17/h6-10,15-16,18-22,29H,5,11-14H2,1-4H3,(H,27,30)/t16?,18-,19-,20+,21+,22?,26?/m1/s1. The van der Waals surface area contributed by atoms with Gasteiger partial charge in [-0.25, -0.2) is 0 Å². The highest BCUT2D eigenvalue weighted by Gasteiger charge is 2.76. The Hall–Kier alpha value is -2.06. The topological polar surface area (TPSA) is 95.9 Å². The molecule has 0 aromatic heterocycles. The number of fused-ring (bicyclic) bond motifs is 1. The highest BCUT2D eigenvalue weighted by molar-refractivity contribution is 8.02. The molecule has 1 aromatic rings. The smallest absolute Gasteiger partial charge is 0.310 e. The maximum Gasteiger partial charge on any atom is 0.310 e. The number of benzene rings is 1. The van der Waals surface area contributed by atoms with Gasteiger partial charge in [0.05, 0.1) is 35.8 Å². The van der Waals surface area contributed by atoms with Crippen LogP contribution >= 0.6 is 11.8 Å². The van der Waals surface area contributed by atoms with Gasteiger partial charge in [-0.2, -0.15) is 0 Å². The SMILES string of the molecule is CCOC(=O)[C@@H]1[C@H]2C(=O)N([C@@H](CO)CC(C)C)C(C(=O)NCc3ccccc3)C23S[C@@H]1CC3C. The molecule has 3 unspecified atom stereocenters. The molecule has 3 heterocycles. The predicted octanol–water partition coefficient (Wildman–Crippen LogP) is 2.61. The van der Waals surface area contributed by atoms with Crippen molar-refractivity contribution < 1.29 is 24.2 Å². The van der Waals surface area contributed by atoms with Crippen LogP contribution in [0, 0.1) is 23.7 Å². The second-order valence-electron chi connectivity index (χ2n) is 10.2. The molecule has 7 atom stereocenters. The molecule has 2 amide bonds. The van der Waals surface area contributed by atoms with E-state index in [1.54, 1.807) is 23.6 Å². The number of ether oxygens (including phenoxy) is 1. The van der Waals surface area contributed by atoms with E-state index in [0.717, 1.165) is 12.0 Å². The molecule has 0 radical (unpaired) electrons. The maximum atomic E-state index is 14.0. The minimum Gasteiger partial charge on any atom is -0.466 e. The molecule has 3 aliphatic rings. The Morgan fingerprint density at radius 3 is 2.62 bits per heavy atom. The Kier molecular flexibility index (Phi) is 7.29. The van der Waals surface area contributed by atoms with Crippen LogP contribution in [0.5, 0.6) is 0 Å². The number of nitrogens with one attached hydrogen (secondary N) is 1. The lowest BCUT2D eigenvalue weighted by Gasteiger charge is -2.40. The van der Waals surface area contributed by atoms with Gasteiger partial charge in [0.15, 0.2) is 0 Å². The Bertz CT molecular complexity index is 925. The van der Waals surface area contributed by atoms with Gasteiger partial charge in [0, 0.05) is 11.8 Å². The van der Waals surface area contributed by atoms with Crippen molar-refractivity contribution in [1.82, 2.24) is 10.2 Å². The molecule has 0 aliphatic carbocycles. The summed E-state index contributed by atoms with van der Waals surface area (Å²) < 4.78 is 4.68. The highest BCUT2D eigenvalue weighted by Crippen LogP contribution is 2.69. The van der Waals surface area contributed by atoms with E-state index in [-0.39, 0.29) is 48.1 Å². The molecule has 2 bridgehead atoms. The van der Waals surface area contributed by atoms with Crippen LogP contribution in [-0.2, 0) is 25.7 Å². The molecule has 4 rings (SSSR count). The van der Waals surface area contributed by atoms with Crippen LogP contribution in [0.1, 0.15) is 46.1 Å². The third kappa shape index (κ3) is 4.02. The third-order valence-corrected chi connectivity index (χ3v) is 9.72. The van der Waals surface area contributed by atoms with E-state index in [9.17, 15) is 19.5 Å². The van der Waals surface area contributed by atoms with E-state index in [2.05, 4.69) is 12.2 Å². The summed E-state index contributed by atoms with van der Waals surface area (Å²) in [5.74, 6) is -1.61. The Balaban J connectivity index is 1.72. The zero-order valence-corrected chi connectivity index (χ0v) is 21.2. The van der Waals surface area contributed by atoms with E-state index >= 15 is 0 Å². The summed E-state index contributed by atoms with van der Waals surface area (Å²) in [6.07, 6.45) is 1.35. The number of esters is 1. The van der Waals surface area contributed by atoms with Crippen LogP contribution in [0.3, 0.4) is 0 Å². The molecule has 2 N–H and O–H groups in total. The van der Waals surface area contributed by atoms with Crippen LogP contribution < -0.4 is 5.32 Å². The van der Waals surface area contributed by atoms with Crippen LogP contribution in [0.2, 0.25) is 0 Å². The van der Waals surface area contributed by atoms with Gasteiger partial charge in [0.25, 0.3) is 0 Å². The first-order chi connectivity index (χ1) is 16.3. The van der Waals surface area contributed by atoms with E-state index in [4.69, 9.17) is 4.74 Å². The average Bonchev–Trinajstić information content (AvgIpc) is 3.40. The number of amides is 2. The van der Waals surface area contributed by atoms with Gasteiger partial charge in [-0.15, -0.1) is 11.8 Å². The van der Waals surface area contributed by atoms with Gasteiger partial charge >= 0.3 is 5.97 Å². The van der Waals surface area contributed by atoms with Gasteiger partial charge < -0.3 is 20.1 Å². The molecule has 3 saturated heterocycles. The lowest BCUT2D eigenvalue weighted by atomic mass is 9.66. The zero-order valence-electron chi connectivity index (χ0n) is 20.4. The largest absolute Gasteiger partial charge is 0.466 e. The second kappa shape index (κ2) is 9.90. The normalized spacial score (nSPS) is 32.7. The van der Waals surface area contributed by atoms with E-state index < -0.39 is 28.7 Å². The lowest BCUT2D eigenvalue weighted by molar-refractivity contribution is -0.154. The van der Waals surface area contributed by atoms with Crippen molar-refractivity contribution in [2.24, 2.45) is 23.7 Å². The summed E-state index contributed by atoms with van der Waals surface area (Å²) >= 11 is 1.63. The summed E-state index contributed by atoms with van der Waals surface area (Å²) in [5, 5.41) is 13.3. The van der Waals surface area contributed by atoms with Crippen LogP contribution in [-0.4, -0.2) is 63.1 Å². The van der Waals surface area contributed by atoms with Crippen LogP contribution in [0.4, 0.5) is 0 Å². The molecule has 186 valence electrons. The van der Waals surface area contributed by atoms with Crippen LogP contribution in [0.15, 0.2) is 30.3 Å². The van der Waals surface area contributed by atoms with Crippen molar-refractivity contribution in [3.8, 4) is 0 Å². The van der Waals surface area contributed by atoms with Crippen molar-refractivity contribution in [3.05, 3.63) is 35.9 Å². The summed E-state index contributed by atoms with van der Waals surface area (Å²) in [6, 6.07) is 8.45. The number of hydrogen-bond donors (Lipinski definition) is 2. The molecular weight excluding hydrogens is 452 g/mol. The van der Waals surface area contributed by atoms with E-state index in [1.807, 2.05) is 44.2 Å². The monoisotopic (exact) mass is 488 g/mol. The fraction of sp³-hybridized carbons (Fsp3) is 0.654. The molecule has 3 aliphatic heterocycles. The van der Waals surface area contributed by atoms with Gasteiger partial charge in [0.1, 0.15) is 6.04 Å². The summed E-state index contributed by atoms with van der Waals surface area (Å²) in [7, 11) is 0. The predicted molar refractivity (Wildman–Crippen MR) is 131 cm³/mol. The maximum absolute atomic E-state index is 14.0. The fourth-order valence-corrected chi connectivity index (χ4v) is 8.76. The molecule has 1 aromatic carbocycles. The zero-order chi connectivity index (χ0) is 24.6. The summed E-state index contributed by atoms with van der Waals surface area (Å²) in [6.45, 7) is 8.33. The quantitative estimate of drug-likeness (QED) is 0.519. The molecule has 0 saturated carbocycles. The number of hydrogen-bond acceptors (Lipinski definition) is 6. The third-order valence-electron chi connectivity index (χ3n) is 7.65. The minimum absolute atomic E-state index is 0.0350.